The van der Waals surface area contributed by atoms with Gasteiger partial charge in [0, 0.05) is 23.4 Å². The summed E-state index contributed by atoms with van der Waals surface area (Å²) in [5.74, 6) is 1.92. The first-order valence-electron chi connectivity index (χ1n) is 11.1. The normalized spacial score (nSPS) is 11.7. The summed E-state index contributed by atoms with van der Waals surface area (Å²) in [6.07, 6.45) is 2.28. The van der Waals surface area contributed by atoms with E-state index in [-0.39, 0.29) is 5.91 Å². The Bertz CT molecular complexity index is 1330. The monoisotopic (exact) mass is 498 g/mol. The van der Waals surface area contributed by atoms with Gasteiger partial charge in [-0.1, -0.05) is 30.3 Å². The molecule has 0 fully saturated rings. The summed E-state index contributed by atoms with van der Waals surface area (Å²) in [7, 11) is 0. The van der Waals surface area contributed by atoms with E-state index in [4.69, 9.17) is 10.00 Å². The molecule has 1 aliphatic heterocycles. The molecule has 8 heteroatoms. The second-order valence-corrected chi connectivity index (χ2v) is 8.91. The number of nitriles is 1. The molecule has 2 N–H and O–H groups in total. The van der Waals surface area contributed by atoms with Gasteiger partial charge in [-0.15, -0.1) is 11.8 Å². The molecule has 1 aliphatic rings. The summed E-state index contributed by atoms with van der Waals surface area (Å²) in [5, 5.41) is 14.2. The van der Waals surface area contributed by atoms with Crippen LogP contribution in [0.15, 0.2) is 76.8 Å². The van der Waals surface area contributed by atoms with Crippen molar-refractivity contribution in [2.45, 2.75) is 19.6 Å². The highest BCUT2D eigenvalue weighted by molar-refractivity contribution is 8.02. The Morgan fingerprint density at radius 1 is 1.14 bits per heavy atom. The fourth-order valence-corrected chi connectivity index (χ4v) is 4.18. The maximum Gasteiger partial charge on any atom is 0.259 e. The number of hydrogen-bond acceptors (Lipinski definition) is 6. The molecular weight excluding hydrogens is 472 g/mol. The summed E-state index contributed by atoms with van der Waals surface area (Å²) in [6.45, 7) is 7.84. The number of anilines is 1. The third-order valence-electron chi connectivity index (χ3n) is 5.39. The van der Waals surface area contributed by atoms with Gasteiger partial charge in [-0.05, 0) is 67.6 Å². The van der Waals surface area contributed by atoms with Crippen LogP contribution in [0.2, 0.25) is 0 Å². The predicted molar refractivity (Wildman–Crippen MR) is 145 cm³/mol. The number of nitrogens with one attached hydrogen (secondary N) is 2. The molecule has 3 aromatic carbocycles. The molecule has 3 aromatic rings. The van der Waals surface area contributed by atoms with Crippen molar-refractivity contribution in [1.82, 2.24) is 5.32 Å². The SMILES string of the molecule is C=N/C=C(/CNC=O)SCc1ccc(C#N)cc1.Cc1ccc2c(c1C)NC(=O)c1ccccc1O2. The molecule has 0 saturated carbocycles. The third kappa shape index (κ3) is 6.84. The number of carbonyl (C=O) groups excluding carboxylic acids is 2. The van der Waals surface area contributed by atoms with Gasteiger partial charge in [0.2, 0.25) is 6.41 Å². The summed E-state index contributed by atoms with van der Waals surface area (Å²) < 4.78 is 5.83. The molecule has 0 radical (unpaired) electrons. The van der Waals surface area contributed by atoms with E-state index in [1.165, 1.54) is 0 Å². The maximum atomic E-state index is 12.1. The number of aliphatic imine (C=N–C) groups is 1. The Morgan fingerprint density at radius 2 is 1.89 bits per heavy atom. The van der Waals surface area contributed by atoms with Crippen LogP contribution in [0, 0.1) is 25.2 Å². The number of rotatable bonds is 7. The van der Waals surface area contributed by atoms with Crippen LogP contribution in [0.5, 0.6) is 11.5 Å². The molecule has 2 amide bonds. The van der Waals surface area contributed by atoms with Crippen molar-refractivity contribution in [3.63, 3.8) is 0 Å². The first-order chi connectivity index (χ1) is 17.5. The Morgan fingerprint density at radius 3 is 2.58 bits per heavy atom. The number of aryl methyl sites for hydroxylation is 1. The predicted octanol–water partition coefficient (Wildman–Crippen LogP) is 5.74. The zero-order chi connectivity index (χ0) is 25.9. The minimum atomic E-state index is -0.127. The number of ether oxygens (including phenoxy) is 1. The molecule has 0 saturated heterocycles. The van der Waals surface area contributed by atoms with Crippen molar-refractivity contribution in [3.05, 3.63) is 99.6 Å². The third-order valence-corrected chi connectivity index (χ3v) is 6.49. The van der Waals surface area contributed by atoms with Crippen molar-refractivity contribution in [1.29, 1.82) is 5.26 Å². The van der Waals surface area contributed by atoms with E-state index in [1.54, 1.807) is 42.2 Å². The molecule has 4 rings (SSSR count). The largest absolute Gasteiger partial charge is 0.454 e. The van der Waals surface area contributed by atoms with E-state index < -0.39 is 0 Å². The number of carbonyl (C=O) groups is 2. The zero-order valence-corrected chi connectivity index (χ0v) is 20.9. The van der Waals surface area contributed by atoms with Crippen LogP contribution in [0.3, 0.4) is 0 Å². The van der Waals surface area contributed by atoms with Gasteiger partial charge in [-0.25, -0.2) is 0 Å². The highest BCUT2D eigenvalue weighted by atomic mass is 32.2. The Labute approximate surface area is 214 Å². The lowest BCUT2D eigenvalue weighted by Gasteiger charge is -2.11. The van der Waals surface area contributed by atoms with Crippen LogP contribution in [0.4, 0.5) is 5.69 Å². The average Bonchev–Trinajstić information content (AvgIpc) is 3.05. The Kier molecular flexibility index (Phi) is 9.43. The van der Waals surface area contributed by atoms with Crippen LogP contribution < -0.4 is 15.4 Å². The second-order valence-electron chi connectivity index (χ2n) is 7.81. The standard InChI is InChI=1S/C15H13NO2.C13H13N3OS/c1-9-7-8-13-14(10(9)2)16-15(17)11-5-3-4-6-12(11)18-13;1-15-7-13(8-16-10-17)18-9-12-4-2-11(6-14)3-5-12/h3-8H,1-2H3,(H,16,17);2-5,7,10H,1,8-9H2,(H,16,17)/b;13-7-. The van der Waals surface area contributed by atoms with Crippen LogP contribution in [-0.4, -0.2) is 25.6 Å². The van der Waals surface area contributed by atoms with Gasteiger partial charge < -0.3 is 15.4 Å². The molecule has 0 aromatic heterocycles. The van der Waals surface area contributed by atoms with E-state index in [0.717, 1.165) is 33.0 Å². The van der Waals surface area contributed by atoms with Crippen LogP contribution in [-0.2, 0) is 10.5 Å². The van der Waals surface area contributed by atoms with E-state index in [0.29, 0.717) is 35.6 Å². The quantitative estimate of drug-likeness (QED) is 0.319. The minimum absolute atomic E-state index is 0.127. The van der Waals surface area contributed by atoms with Crippen LogP contribution >= 0.6 is 11.8 Å². The first kappa shape index (κ1) is 26.3. The van der Waals surface area contributed by atoms with E-state index in [2.05, 4.69) is 28.4 Å². The lowest BCUT2D eigenvalue weighted by molar-refractivity contribution is -0.109. The first-order valence-corrected chi connectivity index (χ1v) is 12.1. The van der Waals surface area contributed by atoms with Crippen molar-refractivity contribution in [3.8, 4) is 17.6 Å². The fraction of sp³-hybridized carbons (Fsp3) is 0.143. The molecular formula is C28H26N4O3S. The molecule has 36 heavy (non-hydrogen) atoms. The summed E-state index contributed by atoms with van der Waals surface area (Å²) in [6, 6.07) is 20.6. The van der Waals surface area contributed by atoms with Crippen molar-refractivity contribution < 1.29 is 14.3 Å². The Hall–Kier alpha value is -4.35. The smallest absolute Gasteiger partial charge is 0.259 e. The summed E-state index contributed by atoms with van der Waals surface area (Å²) in [5.41, 5.74) is 5.24. The molecule has 0 atom stereocenters. The topological polar surface area (TPSA) is 104 Å². The number of nitrogens with zero attached hydrogens (tertiary/aromatic N) is 2. The lowest BCUT2D eigenvalue weighted by atomic mass is 10.1. The average molecular weight is 499 g/mol. The zero-order valence-electron chi connectivity index (χ0n) is 20.1. The van der Waals surface area contributed by atoms with Crippen molar-refractivity contribution >= 4 is 36.5 Å². The highest BCUT2D eigenvalue weighted by Crippen LogP contribution is 2.38. The molecule has 1 heterocycles. The molecule has 0 unspecified atom stereocenters. The van der Waals surface area contributed by atoms with Gasteiger partial charge in [-0.2, -0.15) is 5.26 Å². The highest BCUT2D eigenvalue weighted by Gasteiger charge is 2.21. The number of para-hydroxylation sites is 1. The Balaban J connectivity index is 0.000000201. The number of fused-ring (bicyclic) bond motifs is 2. The lowest BCUT2D eigenvalue weighted by Crippen LogP contribution is -2.13. The van der Waals surface area contributed by atoms with Gasteiger partial charge >= 0.3 is 0 Å². The van der Waals surface area contributed by atoms with Crippen LogP contribution in [0.25, 0.3) is 0 Å². The molecule has 182 valence electrons. The second kappa shape index (κ2) is 12.9. The minimum Gasteiger partial charge on any atom is -0.454 e. The van der Waals surface area contributed by atoms with Gasteiger partial charge in [0.05, 0.1) is 22.9 Å². The summed E-state index contributed by atoms with van der Waals surface area (Å²) >= 11 is 1.58. The molecule has 7 nitrogen and oxygen atoms in total. The van der Waals surface area contributed by atoms with Gasteiger partial charge in [-0.3, -0.25) is 14.6 Å². The molecule has 0 aliphatic carbocycles. The van der Waals surface area contributed by atoms with E-state index in [1.807, 2.05) is 50.2 Å². The molecule has 0 bridgehead atoms. The van der Waals surface area contributed by atoms with Crippen molar-refractivity contribution in [2.24, 2.45) is 4.99 Å². The van der Waals surface area contributed by atoms with E-state index >= 15 is 0 Å². The number of amides is 2. The van der Waals surface area contributed by atoms with Gasteiger partial charge in [0.25, 0.3) is 5.91 Å². The van der Waals surface area contributed by atoms with Crippen molar-refractivity contribution in [2.75, 3.05) is 11.9 Å². The number of thioether (sulfide) groups is 1. The van der Waals surface area contributed by atoms with E-state index in [9.17, 15) is 9.59 Å². The van der Waals surface area contributed by atoms with Crippen LogP contribution in [0.1, 0.15) is 32.6 Å². The van der Waals surface area contributed by atoms with Gasteiger partial charge in [0.15, 0.2) is 5.75 Å². The number of benzene rings is 3. The van der Waals surface area contributed by atoms with Gasteiger partial charge in [0.1, 0.15) is 5.75 Å². The summed E-state index contributed by atoms with van der Waals surface area (Å²) in [4.78, 5) is 27.0. The fourth-order valence-electron chi connectivity index (χ4n) is 3.30. The maximum absolute atomic E-state index is 12.1. The number of hydrogen-bond donors (Lipinski definition) is 2. The molecule has 0 spiro atoms.